The number of anilines is 2. The lowest BCUT2D eigenvalue weighted by atomic mass is 10.0. The summed E-state index contributed by atoms with van der Waals surface area (Å²) in [6.45, 7) is 1.78. The second kappa shape index (κ2) is 13.8. The van der Waals surface area contributed by atoms with E-state index in [0.717, 1.165) is 21.2 Å². The Bertz CT molecular complexity index is 1810. The SMILES string of the molecule is CC(Sc1cccc(NC(=O)/C(=C\c2cccc3ccccc23)NC(=O)c2ccccc2)c1)C(=O)Nc1ccc(Cl)cn1. The quantitative estimate of drug-likeness (QED) is 0.120. The van der Waals surface area contributed by atoms with Crippen molar-refractivity contribution < 1.29 is 14.4 Å². The van der Waals surface area contributed by atoms with Crippen LogP contribution in [0.4, 0.5) is 11.5 Å². The molecule has 43 heavy (non-hydrogen) atoms. The van der Waals surface area contributed by atoms with Gasteiger partial charge in [-0.25, -0.2) is 4.98 Å². The van der Waals surface area contributed by atoms with Crippen LogP contribution < -0.4 is 16.0 Å². The molecule has 7 nitrogen and oxygen atoms in total. The van der Waals surface area contributed by atoms with Crippen LogP contribution in [0.1, 0.15) is 22.8 Å². The molecule has 4 aromatic carbocycles. The molecular weight excluding hydrogens is 580 g/mol. The molecule has 0 fully saturated rings. The van der Waals surface area contributed by atoms with Crippen molar-refractivity contribution in [2.45, 2.75) is 17.1 Å². The minimum atomic E-state index is -0.487. The third-order valence-corrected chi connectivity index (χ3v) is 7.72. The number of nitrogens with one attached hydrogen (secondary N) is 3. The van der Waals surface area contributed by atoms with E-state index in [2.05, 4.69) is 20.9 Å². The largest absolute Gasteiger partial charge is 0.321 e. The maximum absolute atomic E-state index is 13.6. The van der Waals surface area contributed by atoms with Crippen LogP contribution in [0.3, 0.4) is 0 Å². The zero-order chi connectivity index (χ0) is 30.2. The molecule has 0 bridgehead atoms. The number of carbonyl (C=O) groups is 3. The van der Waals surface area contributed by atoms with Crippen molar-refractivity contribution in [3.63, 3.8) is 0 Å². The van der Waals surface area contributed by atoms with Crippen LogP contribution in [-0.4, -0.2) is 28.0 Å². The Kier molecular flexibility index (Phi) is 9.51. The van der Waals surface area contributed by atoms with E-state index in [4.69, 9.17) is 11.6 Å². The van der Waals surface area contributed by atoms with Crippen molar-refractivity contribution in [3.8, 4) is 0 Å². The predicted octanol–water partition coefficient (Wildman–Crippen LogP) is 7.42. The van der Waals surface area contributed by atoms with Gasteiger partial charge in [0.05, 0.1) is 10.3 Å². The Morgan fingerprint density at radius 2 is 1.58 bits per heavy atom. The highest BCUT2D eigenvalue weighted by atomic mass is 35.5. The average molecular weight is 607 g/mol. The van der Waals surface area contributed by atoms with Crippen molar-refractivity contribution in [2.24, 2.45) is 0 Å². The topological polar surface area (TPSA) is 100 Å². The van der Waals surface area contributed by atoms with Crippen molar-refractivity contribution >= 4 is 69.4 Å². The third kappa shape index (κ3) is 7.88. The molecule has 3 amide bonds. The summed E-state index contributed by atoms with van der Waals surface area (Å²) in [5, 5.41) is 10.5. The summed E-state index contributed by atoms with van der Waals surface area (Å²) in [7, 11) is 0. The number of aromatic nitrogens is 1. The van der Waals surface area contributed by atoms with Gasteiger partial charge in [-0.05, 0) is 71.8 Å². The number of pyridine rings is 1. The molecule has 1 aromatic heterocycles. The third-order valence-electron chi connectivity index (χ3n) is 6.40. The highest BCUT2D eigenvalue weighted by Gasteiger charge is 2.18. The molecule has 0 aliphatic heterocycles. The zero-order valence-corrected chi connectivity index (χ0v) is 24.7. The van der Waals surface area contributed by atoms with Crippen LogP contribution >= 0.6 is 23.4 Å². The molecule has 5 aromatic rings. The molecule has 214 valence electrons. The molecule has 0 aliphatic carbocycles. The van der Waals surface area contributed by atoms with Crippen molar-refractivity contribution in [3.05, 3.63) is 137 Å². The lowest BCUT2D eigenvalue weighted by Crippen LogP contribution is -2.30. The van der Waals surface area contributed by atoms with Crippen LogP contribution in [0.5, 0.6) is 0 Å². The van der Waals surface area contributed by atoms with Gasteiger partial charge in [-0.15, -0.1) is 11.8 Å². The number of thioether (sulfide) groups is 1. The van der Waals surface area contributed by atoms with Gasteiger partial charge in [-0.3, -0.25) is 14.4 Å². The molecular formula is C34H27ClN4O3S. The number of halogens is 1. The number of hydrogen-bond acceptors (Lipinski definition) is 5. The Balaban J connectivity index is 1.35. The molecule has 0 aliphatic rings. The van der Waals surface area contributed by atoms with E-state index in [1.165, 1.54) is 18.0 Å². The van der Waals surface area contributed by atoms with Crippen LogP contribution in [0, 0.1) is 0 Å². The molecule has 3 N–H and O–H groups in total. The molecule has 0 radical (unpaired) electrons. The fourth-order valence-corrected chi connectivity index (χ4v) is 5.29. The number of nitrogens with zero attached hydrogens (tertiary/aromatic N) is 1. The molecule has 0 saturated carbocycles. The normalized spacial score (nSPS) is 11.9. The molecule has 1 atom stereocenters. The van der Waals surface area contributed by atoms with E-state index in [-0.39, 0.29) is 11.6 Å². The standard InChI is InChI=1S/C34H27ClN4O3S/c1-22(32(40)39-31-18-17-26(35)21-36-31)43-28-15-8-14-27(20-28)37-34(42)30(38-33(41)24-10-3-2-4-11-24)19-25-13-7-12-23-9-5-6-16-29(23)25/h2-22H,1H3,(H,37,42)(H,38,41)(H,36,39,40)/b30-19+. The Hall–Kier alpha value is -4.92. The lowest BCUT2D eigenvalue weighted by molar-refractivity contribution is -0.115. The first-order chi connectivity index (χ1) is 20.9. The van der Waals surface area contributed by atoms with E-state index >= 15 is 0 Å². The molecule has 9 heteroatoms. The lowest BCUT2D eigenvalue weighted by Gasteiger charge is -2.14. The second-order valence-corrected chi connectivity index (χ2v) is 11.4. The fourth-order valence-electron chi connectivity index (χ4n) is 4.26. The van der Waals surface area contributed by atoms with Crippen LogP contribution in [0.2, 0.25) is 5.02 Å². The Morgan fingerprint density at radius 1 is 0.837 bits per heavy atom. The van der Waals surface area contributed by atoms with E-state index < -0.39 is 17.1 Å². The summed E-state index contributed by atoms with van der Waals surface area (Å²) in [6, 6.07) is 32.8. The van der Waals surface area contributed by atoms with E-state index in [1.807, 2.05) is 54.6 Å². The van der Waals surface area contributed by atoms with Crippen LogP contribution in [0.15, 0.2) is 126 Å². The molecule has 1 heterocycles. The van der Waals surface area contributed by atoms with E-state index in [0.29, 0.717) is 22.1 Å². The van der Waals surface area contributed by atoms with Gasteiger partial charge in [0, 0.05) is 22.3 Å². The summed E-state index contributed by atoms with van der Waals surface area (Å²) >= 11 is 7.21. The molecule has 0 saturated heterocycles. The van der Waals surface area contributed by atoms with Crippen molar-refractivity contribution in [1.82, 2.24) is 10.3 Å². The number of hydrogen-bond donors (Lipinski definition) is 3. The summed E-state index contributed by atoms with van der Waals surface area (Å²) in [5.41, 5.74) is 1.82. The zero-order valence-electron chi connectivity index (χ0n) is 23.1. The van der Waals surface area contributed by atoms with Gasteiger partial charge >= 0.3 is 0 Å². The summed E-state index contributed by atoms with van der Waals surface area (Å²) in [6.07, 6.45) is 3.14. The minimum Gasteiger partial charge on any atom is -0.321 e. The predicted molar refractivity (Wildman–Crippen MR) is 174 cm³/mol. The average Bonchev–Trinajstić information content (AvgIpc) is 3.02. The summed E-state index contributed by atoms with van der Waals surface area (Å²) < 4.78 is 0. The monoisotopic (exact) mass is 606 g/mol. The van der Waals surface area contributed by atoms with Gasteiger partial charge in [0.2, 0.25) is 5.91 Å². The summed E-state index contributed by atoms with van der Waals surface area (Å²) in [5.74, 6) is -0.704. The first-order valence-corrected chi connectivity index (χ1v) is 14.7. The van der Waals surface area contributed by atoms with Crippen molar-refractivity contribution in [2.75, 3.05) is 10.6 Å². The minimum absolute atomic E-state index is 0.0893. The Labute approximate surface area is 258 Å². The first kappa shape index (κ1) is 29.6. The van der Waals surface area contributed by atoms with Gasteiger partial charge in [0.15, 0.2) is 0 Å². The summed E-state index contributed by atoms with van der Waals surface area (Å²) in [4.78, 5) is 44.3. The van der Waals surface area contributed by atoms with Gasteiger partial charge in [-0.1, -0.05) is 78.3 Å². The maximum atomic E-state index is 13.6. The molecule has 5 rings (SSSR count). The second-order valence-electron chi connectivity index (χ2n) is 9.54. The number of benzene rings is 4. The van der Waals surface area contributed by atoms with Gasteiger partial charge in [0.25, 0.3) is 11.8 Å². The van der Waals surface area contributed by atoms with Gasteiger partial charge in [-0.2, -0.15) is 0 Å². The Morgan fingerprint density at radius 3 is 2.37 bits per heavy atom. The van der Waals surface area contributed by atoms with Crippen molar-refractivity contribution in [1.29, 1.82) is 0 Å². The van der Waals surface area contributed by atoms with Gasteiger partial charge in [0.1, 0.15) is 11.5 Å². The number of carbonyl (C=O) groups excluding carboxylic acids is 3. The molecule has 1 unspecified atom stereocenters. The van der Waals surface area contributed by atoms with E-state index in [9.17, 15) is 14.4 Å². The number of amides is 3. The fraction of sp³-hybridized carbons (Fsp3) is 0.0588. The number of rotatable bonds is 9. The molecule has 0 spiro atoms. The number of fused-ring (bicyclic) bond motifs is 1. The highest BCUT2D eigenvalue weighted by molar-refractivity contribution is 8.00. The maximum Gasteiger partial charge on any atom is 0.272 e. The van der Waals surface area contributed by atoms with Crippen LogP contribution in [-0.2, 0) is 9.59 Å². The van der Waals surface area contributed by atoms with Gasteiger partial charge < -0.3 is 16.0 Å². The smallest absolute Gasteiger partial charge is 0.272 e. The van der Waals surface area contributed by atoms with E-state index in [1.54, 1.807) is 67.6 Å². The first-order valence-electron chi connectivity index (χ1n) is 13.4. The van der Waals surface area contributed by atoms with Crippen LogP contribution in [0.25, 0.3) is 16.8 Å². The highest BCUT2D eigenvalue weighted by Crippen LogP contribution is 2.27.